The molecule has 2 aromatic heterocycles. The Kier molecular flexibility index (Phi) is 2.82. The number of anilines is 1. The highest BCUT2D eigenvalue weighted by molar-refractivity contribution is 6.09. The van der Waals surface area contributed by atoms with Crippen molar-refractivity contribution >= 4 is 11.7 Å². The van der Waals surface area contributed by atoms with Crippen molar-refractivity contribution in [2.45, 2.75) is 25.7 Å². The van der Waals surface area contributed by atoms with Crippen LogP contribution in [0.1, 0.15) is 34.3 Å². The Bertz CT molecular complexity index is 732. The van der Waals surface area contributed by atoms with Gasteiger partial charge in [-0.2, -0.15) is 0 Å². The molecule has 1 aliphatic heterocycles. The topological polar surface area (TPSA) is 72.9 Å². The maximum atomic E-state index is 12.6. The predicted octanol–water partition coefficient (Wildman–Crippen LogP) is 1.80. The molecule has 1 aliphatic carbocycles. The Morgan fingerprint density at radius 3 is 2.90 bits per heavy atom. The van der Waals surface area contributed by atoms with Gasteiger partial charge in [-0.3, -0.25) is 9.36 Å². The third-order valence-electron chi connectivity index (χ3n) is 4.38. The fourth-order valence-electron chi connectivity index (χ4n) is 3.44. The lowest BCUT2D eigenvalue weighted by Crippen LogP contribution is -2.19. The average Bonchev–Trinajstić information content (AvgIpc) is 3.09. The number of carbonyl (C=O) groups excluding carboxylic acids is 1. The first kappa shape index (κ1) is 12.6. The summed E-state index contributed by atoms with van der Waals surface area (Å²) in [5.74, 6) is 0.984. The first-order valence-corrected chi connectivity index (χ1v) is 7.53. The summed E-state index contributed by atoms with van der Waals surface area (Å²) in [6, 6.07) is 3.85. The van der Waals surface area contributed by atoms with Crippen LogP contribution in [-0.2, 0) is 12.8 Å². The third kappa shape index (κ3) is 1.74. The minimum absolute atomic E-state index is 0.0704. The molecular weight excluding hydrogens is 264 g/mol. The number of pyridine rings is 1. The third-order valence-corrected chi connectivity index (χ3v) is 4.38. The van der Waals surface area contributed by atoms with E-state index in [4.69, 9.17) is 10.7 Å². The van der Waals surface area contributed by atoms with Crippen LogP contribution in [0.2, 0.25) is 0 Å². The molecule has 0 saturated heterocycles. The first-order chi connectivity index (χ1) is 10.3. The van der Waals surface area contributed by atoms with Gasteiger partial charge >= 0.3 is 0 Å². The van der Waals surface area contributed by atoms with Gasteiger partial charge in [-0.1, -0.05) is 0 Å². The smallest absolute Gasteiger partial charge is 0.264 e. The van der Waals surface area contributed by atoms with Crippen molar-refractivity contribution in [3.8, 4) is 11.4 Å². The number of hydrogen-bond donors (Lipinski definition) is 2. The Labute approximate surface area is 123 Å². The van der Waals surface area contributed by atoms with Crippen LogP contribution in [0, 0.1) is 0 Å². The molecule has 0 radical (unpaired) electrons. The van der Waals surface area contributed by atoms with E-state index < -0.39 is 0 Å². The molecular formula is C16H18N4O. The lowest BCUT2D eigenvalue weighted by atomic mass is 9.88. The molecule has 0 amide bonds. The van der Waals surface area contributed by atoms with Gasteiger partial charge in [-0.15, -0.1) is 0 Å². The van der Waals surface area contributed by atoms with E-state index in [1.165, 1.54) is 11.1 Å². The van der Waals surface area contributed by atoms with E-state index >= 15 is 0 Å². The minimum Gasteiger partial charge on any atom is -0.369 e. The molecule has 108 valence electrons. The number of carbonyl (C=O) groups is 1. The summed E-state index contributed by atoms with van der Waals surface area (Å²) >= 11 is 0. The lowest BCUT2D eigenvalue weighted by molar-refractivity contribution is 0.0968. The highest BCUT2D eigenvalue weighted by Crippen LogP contribution is 2.39. The van der Waals surface area contributed by atoms with Crippen LogP contribution in [0.15, 0.2) is 18.3 Å². The molecule has 5 nitrogen and oxygen atoms in total. The van der Waals surface area contributed by atoms with Gasteiger partial charge in [-0.05, 0) is 48.9 Å². The van der Waals surface area contributed by atoms with Crippen LogP contribution in [0.3, 0.4) is 0 Å². The number of nitrogens with zero attached hydrogens (tertiary/aromatic N) is 2. The normalized spacial score (nSPS) is 15.6. The minimum atomic E-state index is 0.0704. The van der Waals surface area contributed by atoms with Crippen LogP contribution in [0.4, 0.5) is 5.82 Å². The van der Waals surface area contributed by atoms with E-state index in [1.54, 1.807) is 4.57 Å². The number of nitrogens with two attached hydrogens (primary N) is 1. The predicted molar refractivity (Wildman–Crippen MR) is 81.6 cm³/mol. The van der Waals surface area contributed by atoms with E-state index in [2.05, 4.69) is 5.32 Å². The zero-order chi connectivity index (χ0) is 14.4. The number of nitrogens with one attached hydrogen (secondary N) is 1. The Hall–Kier alpha value is -2.14. The zero-order valence-corrected chi connectivity index (χ0v) is 11.9. The Morgan fingerprint density at radius 1 is 1.29 bits per heavy atom. The molecule has 21 heavy (non-hydrogen) atoms. The van der Waals surface area contributed by atoms with Gasteiger partial charge in [0.15, 0.2) is 0 Å². The largest absolute Gasteiger partial charge is 0.369 e. The van der Waals surface area contributed by atoms with E-state index in [0.717, 1.165) is 48.5 Å². The molecule has 0 aromatic carbocycles. The summed E-state index contributed by atoms with van der Waals surface area (Å²) in [5.41, 5.74) is 10.6. The number of fused-ring (bicyclic) bond motifs is 5. The highest BCUT2D eigenvalue weighted by Gasteiger charge is 2.33. The maximum absolute atomic E-state index is 12.6. The zero-order valence-electron chi connectivity index (χ0n) is 11.9. The Balaban J connectivity index is 1.94. The van der Waals surface area contributed by atoms with Crippen LogP contribution < -0.4 is 11.1 Å². The molecule has 5 heteroatoms. The molecule has 2 aliphatic rings. The molecule has 0 saturated carbocycles. The summed E-state index contributed by atoms with van der Waals surface area (Å²) in [5, 5.41) is 3.33. The van der Waals surface area contributed by atoms with Gasteiger partial charge in [0.25, 0.3) is 5.91 Å². The summed E-state index contributed by atoms with van der Waals surface area (Å²) < 4.78 is 1.71. The second kappa shape index (κ2) is 4.70. The lowest BCUT2D eigenvalue weighted by Gasteiger charge is -2.21. The maximum Gasteiger partial charge on any atom is 0.264 e. The number of aromatic nitrogens is 2. The quantitative estimate of drug-likeness (QED) is 0.768. The fourth-order valence-corrected chi connectivity index (χ4v) is 3.44. The molecule has 0 fully saturated rings. The van der Waals surface area contributed by atoms with Crippen molar-refractivity contribution in [3.63, 3.8) is 0 Å². The van der Waals surface area contributed by atoms with Gasteiger partial charge < -0.3 is 11.1 Å². The van der Waals surface area contributed by atoms with Crippen LogP contribution in [0.25, 0.3) is 11.4 Å². The number of hydrogen-bond acceptors (Lipinski definition) is 4. The average molecular weight is 282 g/mol. The summed E-state index contributed by atoms with van der Waals surface area (Å²) in [7, 11) is 0. The van der Waals surface area contributed by atoms with Gasteiger partial charge in [0.1, 0.15) is 11.5 Å². The van der Waals surface area contributed by atoms with Gasteiger partial charge in [-0.25, -0.2) is 4.98 Å². The SMILES string of the molecule is NCCNc1nc2c(c3c1CCCC3)C(=O)n1cccc1-2. The van der Waals surface area contributed by atoms with Crippen molar-refractivity contribution in [2.24, 2.45) is 5.73 Å². The van der Waals surface area contributed by atoms with Crippen LogP contribution in [-0.4, -0.2) is 28.5 Å². The first-order valence-electron chi connectivity index (χ1n) is 7.53. The molecule has 0 unspecified atom stereocenters. The van der Waals surface area contributed by atoms with Crippen molar-refractivity contribution in [1.29, 1.82) is 0 Å². The number of rotatable bonds is 3. The Morgan fingerprint density at radius 2 is 2.10 bits per heavy atom. The second-order valence-electron chi connectivity index (χ2n) is 5.63. The van der Waals surface area contributed by atoms with Gasteiger partial charge in [0.05, 0.1) is 11.3 Å². The second-order valence-corrected chi connectivity index (χ2v) is 5.63. The van der Waals surface area contributed by atoms with E-state index in [-0.39, 0.29) is 5.91 Å². The van der Waals surface area contributed by atoms with Gasteiger partial charge in [0, 0.05) is 19.3 Å². The van der Waals surface area contributed by atoms with E-state index in [9.17, 15) is 4.79 Å². The fraction of sp³-hybridized carbons (Fsp3) is 0.375. The highest BCUT2D eigenvalue weighted by atomic mass is 16.2. The molecule has 4 rings (SSSR count). The van der Waals surface area contributed by atoms with Crippen molar-refractivity contribution in [2.75, 3.05) is 18.4 Å². The van der Waals surface area contributed by atoms with E-state index in [0.29, 0.717) is 13.1 Å². The van der Waals surface area contributed by atoms with Gasteiger partial charge in [0.2, 0.25) is 0 Å². The molecule has 2 aromatic rings. The van der Waals surface area contributed by atoms with Crippen molar-refractivity contribution in [1.82, 2.24) is 9.55 Å². The van der Waals surface area contributed by atoms with E-state index in [1.807, 2.05) is 18.3 Å². The standard InChI is InChI=1S/C16H18N4O/c17-7-8-18-15-11-5-2-1-4-10(11)13-14(19-15)12-6-3-9-20(12)16(13)21/h3,6,9H,1-2,4-5,7-8,17H2,(H,18,19). The van der Waals surface area contributed by atoms with Crippen molar-refractivity contribution < 1.29 is 4.79 Å². The van der Waals surface area contributed by atoms with Crippen LogP contribution in [0.5, 0.6) is 0 Å². The monoisotopic (exact) mass is 282 g/mol. The molecule has 0 atom stereocenters. The summed E-state index contributed by atoms with van der Waals surface area (Å²) in [6.07, 6.45) is 6.08. The summed E-state index contributed by atoms with van der Waals surface area (Å²) in [6.45, 7) is 1.27. The molecule has 0 spiro atoms. The summed E-state index contributed by atoms with van der Waals surface area (Å²) in [4.78, 5) is 17.4. The molecule has 3 heterocycles. The van der Waals surface area contributed by atoms with Crippen molar-refractivity contribution in [3.05, 3.63) is 35.0 Å². The molecule has 3 N–H and O–H groups in total. The molecule has 0 bridgehead atoms. The van der Waals surface area contributed by atoms with Crippen LogP contribution >= 0.6 is 0 Å².